The summed E-state index contributed by atoms with van der Waals surface area (Å²) in [6.07, 6.45) is 8.61. The third-order valence-corrected chi connectivity index (χ3v) is 3.19. The van der Waals surface area contributed by atoms with E-state index in [0.717, 1.165) is 24.9 Å². The molecule has 0 atom stereocenters. The molecule has 1 heterocycles. The van der Waals surface area contributed by atoms with Crippen LogP contribution in [0.15, 0.2) is 12.4 Å². The summed E-state index contributed by atoms with van der Waals surface area (Å²) < 4.78 is 0. The van der Waals surface area contributed by atoms with Crippen molar-refractivity contribution in [2.24, 2.45) is 17.6 Å². The molecule has 86 valence electrons. The highest BCUT2D eigenvalue weighted by Crippen LogP contribution is 2.28. The van der Waals surface area contributed by atoms with Crippen LogP contribution in [0.3, 0.4) is 0 Å². The Morgan fingerprint density at radius 1 is 1.07 bits per heavy atom. The number of rotatable bonds is 3. The van der Waals surface area contributed by atoms with E-state index in [4.69, 9.17) is 5.73 Å². The lowest BCUT2D eigenvalue weighted by atomic mass is 9.82. The fraction of sp³-hybridized carbons (Fsp3) is 0.800. The number of nitrogens with zero attached hydrogens (tertiary/aromatic N) is 3. The van der Waals surface area contributed by atoms with Gasteiger partial charge in [0.25, 0.3) is 0 Å². The molecule has 4 nitrogen and oxygen atoms in total. The molecule has 1 aromatic rings. The normalized spacial score (nSPS) is 25.9. The van der Waals surface area contributed by atoms with Crippen molar-refractivity contribution < 1.29 is 0 Å². The van der Waals surface area contributed by atoms with E-state index in [1.54, 1.807) is 17.2 Å². The molecule has 0 aliphatic heterocycles. The monoisotopic (exact) mass is 230 g/mol. The second kappa shape index (κ2) is 6.08. The number of halogens is 1. The van der Waals surface area contributed by atoms with Gasteiger partial charge in [-0.3, -0.25) is 0 Å². The van der Waals surface area contributed by atoms with Gasteiger partial charge in [-0.15, -0.1) is 12.4 Å². The van der Waals surface area contributed by atoms with Gasteiger partial charge in [-0.05, 0) is 44.1 Å². The summed E-state index contributed by atoms with van der Waals surface area (Å²) in [5.41, 5.74) is 5.65. The Morgan fingerprint density at radius 2 is 1.60 bits per heavy atom. The van der Waals surface area contributed by atoms with Crippen molar-refractivity contribution in [1.82, 2.24) is 15.0 Å². The second-order valence-corrected chi connectivity index (χ2v) is 4.21. The van der Waals surface area contributed by atoms with Gasteiger partial charge in [-0.25, -0.2) is 0 Å². The molecule has 0 saturated heterocycles. The Kier molecular flexibility index (Phi) is 5.05. The average Bonchev–Trinajstić information content (AvgIpc) is 2.72. The van der Waals surface area contributed by atoms with Gasteiger partial charge in [0.15, 0.2) is 0 Å². The molecule has 1 aliphatic rings. The number of hydrogen-bond donors (Lipinski definition) is 1. The molecule has 0 spiro atoms. The van der Waals surface area contributed by atoms with Gasteiger partial charge >= 0.3 is 0 Å². The molecule has 0 aromatic carbocycles. The summed E-state index contributed by atoms with van der Waals surface area (Å²) in [6.45, 7) is 1.83. The largest absolute Gasteiger partial charge is 0.330 e. The van der Waals surface area contributed by atoms with Crippen molar-refractivity contribution in [2.75, 3.05) is 6.54 Å². The number of hydrogen-bond acceptors (Lipinski definition) is 3. The molecular formula is C10H19ClN4. The Hall–Kier alpha value is -0.610. The predicted octanol–water partition coefficient (Wildman–Crippen LogP) is 1.46. The Bertz CT molecular complexity index is 254. The van der Waals surface area contributed by atoms with Gasteiger partial charge in [0.2, 0.25) is 0 Å². The molecular weight excluding hydrogens is 212 g/mol. The van der Waals surface area contributed by atoms with Crippen LogP contribution in [0.1, 0.15) is 25.7 Å². The van der Waals surface area contributed by atoms with E-state index < -0.39 is 0 Å². The van der Waals surface area contributed by atoms with Crippen LogP contribution in [0.2, 0.25) is 0 Å². The summed E-state index contributed by atoms with van der Waals surface area (Å²) in [5.74, 6) is 1.52. The molecule has 0 unspecified atom stereocenters. The molecule has 1 aliphatic carbocycles. The number of aromatic nitrogens is 3. The first-order valence-corrected chi connectivity index (χ1v) is 5.42. The maximum absolute atomic E-state index is 5.65. The fourth-order valence-electron chi connectivity index (χ4n) is 2.22. The molecule has 1 aromatic heterocycles. The van der Waals surface area contributed by atoms with E-state index in [1.165, 1.54) is 25.7 Å². The van der Waals surface area contributed by atoms with Gasteiger partial charge in [0, 0.05) is 0 Å². The summed E-state index contributed by atoms with van der Waals surface area (Å²) in [5, 5.41) is 8.26. The molecule has 2 N–H and O–H groups in total. The lowest BCUT2D eigenvalue weighted by Crippen LogP contribution is -2.24. The lowest BCUT2D eigenvalue weighted by molar-refractivity contribution is 0.241. The number of nitrogens with two attached hydrogens (primary N) is 1. The molecule has 1 saturated carbocycles. The Labute approximate surface area is 96.6 Å². The topological polar surface area (TPSA) is 56.7 Å². The van der Waals surface area contributed by atoms with Crippen molar-refractivity contribution in [1.29, 1.82) is 0 Å². The average molecular weight is 231 g/mol. The third kappa shape index (κ3) is 3.47. The first-order chi connectivity index (χ1) is 6.88. The fourth-order valence-corrected chi connectivity index (χ4v) is 2.22. The van der Waals surface area contributed by atoms with Crippen LogP contribution in [0, 0.1) is 11.8 Å². The van der Waals surface area contributed by atoms with Crippen LogP contribution in [-0.2, 0) is 6.54 Å². The molecule has 0 amide bonds. The summed E-state index contributed by atoms with van der Waals surface area (Å²) in [6, 6.07) is 0. The molecule has 5 heteroatoms. The van der Waals surface area contributed by atoms with Crippen LogP contribution in [0.25, 0.3) is 0 Å². The van der Waals surface area contributed by atoms with Gasteiger partial charge in [-0.1, -0.05) is 0 Å². The van der Waals surface area contributed by atoms with Crippen LogP contribution in [0.4, 0.5) is 0 Å². The zero-order chi connectivity index (χ0) is 9.80. The summed E-state index contributed by atoms with van der Waals surface area (Å²) in [7, 11) is 0. The van der Waals surface area contributed by atoms with Gasteiger partial charge < -0.3 is 5.73 Å². The smallest absolute Gasteiger partial charge is 0.0693 e. The van der Waals surface area contributed by atoms with Crippen LogP contribution < -0.4 is 5.73 Å². The van der Waals surface area contributed by atoms with E-state index >= 15 is 0 Å². The van der Waals surface area contributed by atoms with Gasteiger partial charge in [0.1, 0.15) is 0 Å². The minimum atomic E-state index is 0. The lowest BCUT2D eigenvalue weighted by Gasteiger charge is -2.26. The quantitative estimate of drug-likeness (QED) is 0.856. The minimum Gasteiger partial charge on any atom is -0.330 e. The Balaban J connectivity index is 0.00000112. The molecule has 2 rings (SSSR count). The zero-order valence-electron chi connectivity index (χ0n) is 8.88. The second-order valence-electron chi connectivity index (χ2n) is 4.21. The Morgan fingerprint density at radius 3 is 2.13 bits per heavy atom. The molecule has 0 radical (unpaired) electrons. The SMILES string of the molecule is Cl.NCC1CCC(Cn2nccn2)CC1. The van der Waals surface area contributed by atoms with Crippen molar-refractivity contribution in [3.8, 4) is 0 Å². The molecule has 15 heavy (non-hydrogen) atoms. The first kappa shape index (κ1) is 12.5. The van der Waals surface area contributed by atoms with Crippen LogP contribution in [-0.4, -0.2) is 21.5 Å². The zero-order valence-corrected chi connectivity index (χ0v) is 9.70. The van der Waals surface area contributed by atoms with Gasteiger partial charge in [-0.2, -0.15) is 15.0 Å². The maximum atomic E-state index is 5.65. The third-order valence-electron chi connectivity index (χ3n) is 3.19. The van der Waals surface area contributed by atoms with Crippen LogP contribution in [0.5, 0.6) is 0 Å². The van der Waals surface area contributed by atoms with E-state index in [0.29, 0.717) is 0 Å². The van der Waals surface area contributed by atoms with E-state index in [1.807, 2.05) is 0 Å². The van der Waals surface area contributed by atoms with Crippen molar-refractivity contribution >= 4 is 12.4 Å². The van der Waals surface area contributed by atoms with Crippen molar-refractivity contribution in [2.45, 2.75) is 32.2 Å². The van der Waals surface area contributed by atoms with E-state index in [9.17, 15) is 0 Å². The minimum absolute atomic E-state index is 0. The molecule has 0 bridgehead atoms. The van der Waals surface area contributed by atoms with E-state index in [-0.39, 0.29) is 12.4 Å². The standard InChI is InChI=1S/C10H18N4.ClH/c11-7-9-1-3-10(4-2-9)8-14-12-5-6-13-14;/h5-6,9-10H,1-4,7-8,11H2;1H. The van der Waals surface area contributed by atoms with E-state index in [2.05, 4.69) is 10.2 Å². The highest BCUT2D eigenvalue weighted by Gasteiger charge is 2.20. The summed E-state index contributed by atoms with van der Waals surface area (Å²) >= 11 is 0. The maximum Gasteiger partial charge on any atom is 0.0693 e. The van der Waals surface area contributed by atoms with Gasteiger partial charge in [0.05, 0.1) is 18.9 Å². The van der Waals surface area contributed by atoms with Crippen molar-refractivity contribution in [3.05, 3.63) is 12.4 Å². The summed E-state index contributed by atoms with van der Waals surface area (Å²) in [4.78, 5) is 1.80. The highest BCUT2D eigenvalue weighted by molar-refractivity contribution is 5.85. The van der Waals surface area contributed by atoms with Crippen molar-refractivity contribution in [3.63, 3.8) is 0 Å². The first-order valence-electron chi connectivity index (χ1n) is 5.42. The van der Waals surface area contributed by atoms with Crippen LogP contribution >= 0.6 is 12.4 Å². The highest BCUT2D eigenvalue weighted by atomic mass is 35.5. The molecule has 1 fully saturated rings. The predicted molar refractivity (Wildman–Crippen MR) is 61.8 cm³/mol.